The maximum absolute atomic E-state index is 13.2. The Hall–Kier alpha value is -1.35. The Labute approximate surface area is 115 Å². The Bertz CT molecular complexity index is 546. The fourth-order valence-electron chi connectivity index (χ4n) is 1.66. The number of aryl methyl sites for hydroxylation is 2. The lowest BCUT2D eigenvalue weighted by atomic mass is 10.1. The molecule has 0 amide bonds. The molecule has 2 aromatic rings. The van der Waals surface area contributed by atoms with Crippen LogP contribution in [0.15, 0.2) is 40.9 Å². The van der Waals surface area contributed by atoms with Gasteiger partial charge in [0.15, 0.2) is 0 Å². The van der Waals surface area contributed by atoms with E-state index in [2.05, 4.69) is 22.9 Å². The minimum atomic E-state index is -0.261. The molecule has 0 saturated heterocycles. The van der Waals surface area contributed by atoms with Gasteiger partial charge in [0.1, 0.15) is 18.2 Å². The summed E-state index contributed by atoms with van der Waals surface area (Å²) in [5.74, 6) is 0.543. The predicted octanol–water partition coefficient (Wildman–Crippen LogP) is 4.78. The molecule has 0 spiro atoms. The van der Waals surface area contributed by atoms with Crippen LogP contribution in [-0.2, 0) is 6.61 Å². The summed E-state index contributed by atoms with van der Waals surface area (Å²) in [6.07, 6.45) is 0. The summed E-state index contributed by atoms with van der Waals surface area (Å²) in [5, 5.41) is 0. The van der Waals surface area contributed by atoms with Crippen molar-refractivity contribution in [2.45, 2.75) is 20.5 Å². The highest BCUT2D eigenvalue weighted by Crippen LogP contribution is 2.19. The van der Waals surface area contributed by atoms with Gasteiger partial charge in [-0.1, -0.05) is 22.0 Å². The van der Waals surface area contributed by atoms with Gasteiger partial charge in [0, 0.05) is 4.47 Å². The molecule has 0 fully saturated rings. The number of benzene rings is 2. The van der Waals surface area contributed by atoms with Crippen molar-refractivity contribution in [1.82, 2.24) is 0 Å². The van der Waals surface area contributed by atoms with E-state index >= 15 is 0 Å². The summed E-state index contributed by atoms with van der Waals surface area (Å²) in [4.78, 5) is 0. The lowest BCUT2D eigenvalue weighted by molar-refractivity contribution is 0.305. The summed E-state index contributed by atoms with van der Waals surface area (Å²) in [5.41, 5.74) is 3.23. The molecule has 0 N–H and O–H groups in total. The van der Waals surface area contributed by atoms with Crippen LogP contribution >= 0.6 is 15.9 Å². The molecule has 0 aliphatic heterocycles. The van der Waals surface area contributed by atoms with Crippen LogP contribution in [0.2, 0.25) is 0 Å². The molecule has 0 aliphatic carbocycles. The van der Waals surface area contributed by atoms with Gasteiger partial charge in [0.05, 0.1) is 0 Å². The van der Waals surface area contributed by atoms with Crippen molar-refractivity contribution >= 4 is 15.9 Å². The Morgan fingerprint density at radius 1 is 1.06 bits per heavy atom. The first-order valence-electron chi connectivity index (χ1n) is 5.69. The molecule has 2 rings (SSSR count). The smallest absolute Gasteiger partial charge is 0.124 e. The molecule has 1 nitrogen and oxygen atoms in total. The van der Waals surface area contributed by atoms with Gasteiger partial charge in [0.25, 0.3) is 0 Å². The van der Waals surface area contributed by atoms with Crippen LogP contribution < -0.4 is 4.74 Å². The van der Waals surface area contributed by atoms with Crippen molar-refractivity contribution in [3.63, 3.8) is 0 Å². The molecule has 94 valence electrons. The third-order valence-corrected chi connectivity index (χ3v) is 3.26. The van der Waals surface area contributed by atoms with E-state index in [0.717, 1.165) is 15.8 Å². The molecule has 0 saturated carbocycles. The average molecular weight is 309 g/mol. The standard InChI is InChI=1S/C15H14BrFO/c1-10-3-4-15(5-11(10)2)18-9-12-6-13(16)8-14(17)7-12/h3-8H,9H2,1-2H3. The molecular weight excluding hydrogens is 295 g/mol. The van der Waals surface area contributed by atoms with Crippen LogP contribution in [0.5, 0.6) is 5.75 Å². The minimum Gasteiger partial charge on any atom is -0.489 e. The quantitative estimate of drug-likeness (QED) is 0.792. The Kier molecular flexibility index (Phi) is 4.02. The van der Waals surface area contributed by atoms with Gasteiger partial charge in [-0.15, -0.1) is 0 Å². The molecule has 0 aliphatic rings. The topological polar surface area (TPSA) is 9.23 Å². The minimum absolute atomic E-state index is 0.261. The van der Waals surface area contributed by atoms with Crippen molar-refractivity contribution < 1.29 is 9.13 Å². The Balaban J connectivity index is 2.08. The number of halogens is 2. The second-order valence-electron chi connectivity index (χ2n) is 4.31. The fraction of sp³-hybridized carbons (Fsp3) is 0.200. The van der Waals surface area contributed by atoms with Crippen molar-refractivity contribution in [3.05, 3.63) is 63.4 Å². The van der Waals surface area contributed by atoms with E-state index in [-0.39, 0.29) is 5.82 Å². The van der Waals surface area contributed by atoms with Crippen LogP contribution in [0.4, 0.5) is 4.39 Å². The molecule has 0 unspecified atom stereocenters. The lowest BCUT2D eigenvalue weighted by Crippen LogP contribution is -1.97. The predicted molar refractivity (Wildman–Crippen MR) is 74.3 cm³/mol. The Morgan fingerprint density at radius 2 is 1.83 bits per heavy atom. The fourth-order valence-corrected chi connectivity index (χ4v) is 2.18. The van der Waals surface area contributed by atoms with Crippen molar-refractivity contribution in [1.29, 1.82) is 0 Å². The van der Waals surface area contributed by atoms with Crippen LogP contribution in [0.3, 0.4) is 0 Å². The van der Waals surface area contributed by atoms with Crippen molar-refractivity contribution in [2.75, 3.05) is 0 Å². The normalized spacial score (nSPS) is 10.4. The first kappa shape index (κ1) is 13.1. The highest BCUT2D eigenvalue weighted by atomic mass is 79.9. The highest BCUT2D eigenvalue weighted by Gasteiger charge is 2.01. The number of rotatable bonds is 3. The zero-order valence-electron chi connectivity index (χ0n) is 10.3. The third-order valence-electron chi connectivity index (χ3n) is 2.81. The molecule has 0 radical (unpaired) electrons. The SMILES string of the molecule is Cc1ccc(OCc2cc(F)cc(Br)c2)cc1C. The molecule has 0 aromatic heterocycles. The zero-order chi connectivity index (χ0) is 13.1. The van der Waals surface area contributed by atoms with Gasteiger partial charge in [-0.2, -0.15) is 0 Å². The summed E-state index contributed by atoms with van der Waals surface area (Å²) in [6.45, 7) is 4.46. The third kappa shape index (κ3) is 3.33. The van der Waals surface area contributed by atoms with Crippen LogP contribution in [0, 0.1) is 19.7 Å². The van der Waals surface area contributed by atoms with Gasteiger partial charge >= 0.3 is 0 Å². The molecule has 0 heterocycles. The summed E-state index contributed by atoms with van der Waals surface area (Å²) < 4.78 is 19.6. The summed E-state index contributed by atoms with van der Waals surface area (Å²) in [6, 6.07) is 10.7. The second-order valence-corrected chi connectivity index (χ2v) is 5.23. The van der Waals surface area contributed by atoms with Crippen LogP contribution in [0.1, 0.15) is 16.7 Å². The van der Waals surface area contributed by atoms with E-state index in [9.17, 15) is 4.39 Å². The molecule has 0 bridgehead atoms. The first-order chi connectivity index (χ1) is 8.54. The van der Waals surface area contributed by atoms with Crippen LogP contribution in [-0.4, -0.2) is 0 Å². The Morgan fingerprint density at radius 3 is 2.50 bits per heavy atom. The molecular formula is C15H14BrFO. The van der Waals surface area contributed by atoms with E-state index in [1.807, 2.05) is 31.2 Å². The van der Waals surface area contributed by atoms with E-state index in [4.69, 9.17) is 4.74 Å². The van der Waals surface area contributed by atoms with Crippen LogP contribution in [0.25, 0.3) is 0 Å². The lowest BCUT2D eigenvalue weighted by Gasteiger charge is -2.09. The van der Waals surface area contributed by atoms with Gasteiger partial charge in [-0.3, -0.25) is 0 Å². The van der Waals surface area contributed by atoms with Gasteiger partial charge < -0.3 is 4.74 Å². The van der Waals surface area contributed by atoms with Gasteiger partial charge in [-0.25, -0.2) is 4.39 Å². The number of hydrogen-bond donors (Lipinski definition) is 0. The maximum atomic E-state index is 13.2. The van der Waals surface area contributed by atoms with E-state index in [1.165, 1.54) is 23.3 Å². The van der Waals surface area contributed by atoms with E-state index in [1.54, 1.807) is 0 Å². The van der Waals surface area contributed by atoms with E-state index < -0.39 is 0 Å². The first-order valence-corrected chi connectivity index (χ1v) is 6.49. The zero-order valence-corrected chi connectivity index (χ0v) is 11.9. The summed E-state index contributed by atoms with van der Waals surface area (Å²) in [7, 11) is 0. The van der Waals surface area contributed by atoms with Gasteiger partial charge in [0.2, 0.25) is 0 Å². The molecule has 0 atom stereocenters. The van der Waals surface area contributed by atoms with Gasteiger partial charge in [-0.05, 0) is 60.9 Å². The maximum Gasteiger partial charge on any atom is 0.124 e. The number of ether oxygens (including phenoxy) is 1. The summed E-state index contributed by atoms with van der Waals surface area (Å²) >= 11 is 3.26. The molecule has 2 aromatic carbocycles. The number of hydrogen-bond acceptors (Lipinski definition) is 1. The highest BCUT2D eigenvalue weighted by molar-refractivity contribution is 9.10. The largest absolute Gasteiger partial charge is 0.489 e. The van der Waals surface area contributed by atoms with Crippen molar-refractivity contribution in [3.8, 4) is 5.75 Å². The molecule has 3 heteroatoms. The van der Waals surface area contributed by atoms with E-state index in [0.29, 0.717) is 6.61 Å². The average Bonchev–Trinajstić information content (AvgIpc) is 2.29. The second kappa shape index (κ2) is 5.53. The van der Waals surface area contributed by atoms with Crippen molar-refractivity contribution in [2.24, 2.45) is 0 Å². The molecule has 18 heavy (non-hydrogen) atoms. The monoisotopic (exact) mass is 308 g/mol.